The van der Waals surface area contributed by atoms with Gasteiger partial charge in [0.25, 0.3) is 0 Å². The minimum Gasteiger partial charge on any atom is -0.454 e. The summed E-state index contributed by atoms with van der Waals surface area (Å²) in [7, 11) is 0. The Kier molecular flexibility index (Phi) is 7.33. The maximum Gasteiger partial charge on any atom is 0.164 e. The first-order valence-corrected chi connectivity index (χ1v) is 21.7. The van der Waals surface area contributed by atoms with Crippen molar-refractivity contribution in [2.24, 2.45) is 0 Å². The molecule has 64 heavy (non-hydrogen) atoms. The van der Waals surface area contributed by atoms with Gasteiger partial charge in [-0.15, -0.1) is 0 Å². The SMILES string of the molecule is c1ccc2cc3c(cc2c1)c1cc2ccccc2cc1n3-c1cc(-c2nc(-c3cccc4ccccc34)nc(-c3cc4ccccc4c4ccccc34)n2)cc2c1oc1ccccc12. The molecule has 5 nitrogen and oxygen atoms in total. The van der Waals surface area contributed by atoms with E-state index in [0.29, 0.717) is 17.5 Å². The highest BCUT2D eigenvalue weighted by atomic mass is 16.3. The van der Waals surface area contributed by atoms with Gasteiger partial charge in [-0.3, -0.25) is 0 Å². The van der Waals surface area contributed by atoms with Gasteiger partial charge in [0.2, 0.25) is 0 Å². The number of nitrogens with zero attached hydrogens (tertiary/aromatic N) is 4. The fraction of sp³-hybridized carbons (Fsp3) is 0. The molecule has 3 aromatic heterocycles. The molecule has 0 spiro atoms. The van der Waals surface area contributed by atoms with Crippen molar-refractivity contribution in [2.45, 2.75) is 0 Å². The maximum atomic E-state index is 6.92. The van der Waals surface area contributed by atoms with Gasteiger partial charge >= 0.3 is 0 Å². The number of hydrogen-bond donors (Lipinski definition) is 0. The van der Waals surface area contributed by atoms with E-state index >= 15 is 0 Å². The van der Waals surface area contributed by atoms with Crippen molar-refractivity contribution in [3.8, 4) is 39.9 Å². The first-order chi connectivity index (χ1) is 31.7. The van der Waals surface area contributed by atoms with Gasteiger partial charge in [-0.05, 0) is 102 Å². The van der Waals surface area contributed by atoms with Crippen LogP contribution in [0.5, 0.6) is 0 Å². The lowest BCUT2D eigenvalue weighted by Crippen LogP contribution is -2.02. The van der Waals surface area contributed by atoms with E-state index in [1.54, 1.807) is 0 Å². The lowest BCUT2D eigenvalue weighted by atomic mass is 9.96. The monoisotopic (exact) mass is 814 g/mol. The van der Waals surface area contributed by atoms with Gasteiger partial charge < -0.3 is 8.98 Å². The standard InChI is InChI=1S/C59H34N4O/c1-3-17-38-32-52-48(28-36(38)15-1)49-29-37-16-2-4-18-39(37)33-53(49)63(52)54-34-41(31-50-46-25-11-12-27-55(46)64-56(50)54)57-60-58(47-26-13-20-35-14-5-7-21-42(35)47)62-59(61-57)51-30-40-19-6-8-22-43(40)44-23-9-10-24-45(44)51/h1-34H. The predicted octanol–water partition coefficient (Wildman–Crippen LogP) is 15.6. The lowest BCUT2D eigenvalue weighted by molar-refractivity contribution is 0.666. The van der Waals surface area contributed by atoms with E-state index in [-0.39, 0.29) is 0 Å². The molecule has 0 saturated carbocycles. The summed E-state index contributed by atoms with van der Waals surface area (Å²) in [5, 5.41) is 15.9. The van der Waals surface area contributed by atoms with E-state index in [4.69, 9.17) is 19.4 Å². The molecule has 0 radical (unpaired) electrons. The molecule has 0 amide bonds. The Hall–Kier alpha value is -8.67. The molecule has 0 aliphatic heterocycles. The highest BCUT2D eigenvalue weighted by Gasteiger charge is 2.23. The molecule has 0 atom stereocenters. The molecule has 3 heterocycles. The molecule has 0 unspecified atom stereocenters. The van der Waals surface area contributed by atoms with Crippen molar-refractivity contribution in [3.05, 3.63) is 206 Å². The smallest absolute Gasteiger partial charge is 0.164 e. The van der Waals surface area contributed by atoms with Crippen LogP contribution in [0.3, 0.4) is 0 Å². The number of hydrogen-bond acceptors (Lipinski definition) is 4. The summed E-state index contributed by atoms with van der Waals surface area (Å²) in [6.45, 7) is 0. The van der Waals surface area contributed by atoms with E-state index in [1.807, 2.05) is 6.07 Å². The molecule has 0 aliphatic carbocycles. The molecular formula is C59H34N4O. The molecule has 11 aromatic carbocycles. The Balaban J connectivity index is 1.12. The zero-order chi connectivity index (χ0) is 41.9. The van der Waals surface area contributed by atoms with Crippen LogP contribution in [0, 0.1) is 0 Å². The highest BCUT2D eigenvalue weighted by Crippen LogP contribution is 2.43. The summed E-state index contributed by atoms with van der Waals surface area (Å²) in [6.07, 6.45) is 0. The van der Waals surface area contributed by atoms with Gasteiger partial charge in [-0.2, -0.15) is 0 Å². The summed E-state index contributed by atoms with van der Waals surface area (Å²) in [5.41, 5.74) is 7.49. The molecule has 14 aromatic rings. The van der Waals surface area contributed by atoms with Crippen molar-refractivity contribution in [2.75, 3.05) is 0 Å². The second kappa shape index (κ2) is 13.4. The van der Waals surface area contributed by atoms with Gasteiger partial charge in [0.1, 0.15) is 5.58 Å². The fourth-order valence-corrected chi connectivity index (χ4v) is 10.2. The Bertz CT molecular complexity index is 4180. The molecule has 0 aliphatic rings. The van der Waals surface area contributed by atoms with Crippen LogP contribution in [0.1, 0.15) is 0 Å². The maximum absolute atomic E-state index is 6.92. The second-order valence-corrected chi connectivity index (χ2v) is 16.8. The Morgan fingerprint density at radius 2 is 0.828 bits per heavy atom. The third-order valence-electron chi connectivity index (χ3n) is 13.1. The van der Waals surface area contributed by atoms with Crippen molar-refractivity contribution < 1.29 is 4.42 Å². The van der Waals surface area contributed by atoms with Crippen molar-refractivity contribution in [1.29, 1.82) is 0 Å². The number of benzene rings is 11. The Labute approximate surface area is 366 Å². The zero-order valence-corrected chi connectivity index (χ0v) is 34.3. The van der Waals surface area contributed by atoms with E-state index < -0.39 is 0 Å². The van der Waals surface area contributed by atoms with Crippen LogP contribution >= 0.6 is 0 Å². The number of fused-ring (bicyclic) bond motifs is 12. The molecule has 0 saturated heterocycles. The molecular weight excluding hydrogens is 781 g/mol. The van der Waals surface area contributed by atoms with Crippen molar-refractivity contribution in [3.63, 3.8) is 0 Å². The predicted molar refractivity (Wildman–Crippen MR) is 265 cm³/mol. The first kappa shape index (κ1) is 35.0. The van der Waals surface area contributed by atoms with Gasteiger partial charge in [0, 0.05) is 38.2 Å². The van der Waals surface area contributed by atoms with Crippen molar-refractivity contribution >= 4 is 97.6 Å². The van der Waals surface area contributed by atoms with Gasteiger partial charge in [-0.1, -0.05) is 158 Å². The molecule has 5 heteroatoms. The van der Waals surface area contributed by atoms with Crippen LogP contribution in [-0.4, -0.2) is 19.5 Å². The quantitative estimate of drug-likeness (QED) is 0.166. The van der Waals surface area contributed by atoms with Gasteiger partial charge in [-0.25, -0.2) is 15.0 Å². The average molecular weight is 815 g/mol. The normalized spacial score (nSPS) is 12.1. The number of para-hydroxylation sites is 1. The summed E-state index contributed by atoms with van der Waals surface area (Å²) in [6, 6.07) is 73.4. The first-order valence-electron chi connectivity index (χ1n) is 21.7. The van der Waals surface area contributed by atoms with Crippen LogP contribution in [0.2, 0.25) is 0 Å². The van der Waals surface area contributed by atoms with E-state index in [1.165, 1.54) is 37.7 Å². The van der Waals surface area contributed by atoms with E-state index in [2.05, 4.69) is 205 Å². The van der Waals surface area contributed by atoms with Crippen LogP contribution in [0.15, 0.2) is 211 Å². The summed E-state index contributed by atoms with van der Waals surface area (Å²) in [4.78, 5) is 16.3. The summed E-state index contributed by atoms with van der Waals surface area (Å²) < 4.78 is 9.31. The molecule has 0 N–H and O–H groups in total. The number of aromatic nitrogens is 4. The third kappa shape index (κ3) is 5.22. The lowest BCUT2D eigenvalue weighted by Gasteiger charge is -2.15. The Morgan fingerprint density at radius 1 is 0.312 bits per heavy atom. The second-order valence-electron chi connectivity index (χ2n) is 16.8. The largest absolute Gasteiger partial charge is 0.454 e. The zero-order valence-electron chi connectivity index (χ0n) is 34.3. The minimum atomic E-state index is 0.579. The number of rotatable bonds is 4. The molecule has 0 fully saturated rings. The van der Waals surface area contributed by atoms with Crippen LogP contribution < -0.4 is 0 Å². The Morgan fingerprint density at radius 3 is 1.53 bits per heavy atom. The van der Waals surface area contributed by atoms with E-state index in [0.717, 1.165) is 82.3 Å². The van der Waals surface area contributed by atoms with Crippen LogP contribution in [0.25, 0.3) is 137 Å². The van der Waals surface area contributed by atoms with E-state index in [9.17, 15) is 0 Å². The molecule has 14 rings (SSSR count). The molecule has 0 bridgehead atoms. The number of furan rings is 1. The average Bonchev–Trinajstić information content (AvgIpc) is 3.88. The van der Waals surface area contributed by atoms with Crippen LogP contribution in [0.4, 0.5) is 0 Å². The van der Waals surface area contributed by atoms with Crippen molar-refractivity contribution in [1.82, 2.24) is 19.5 Å². The van der Waals surface area contributed by atoms with Crippen LogP contribution in [-0.2, 0) is 0 Å². The third-order valence-corrected chi connectivity index (χ3v) is 13.1. The highest BCUT2D eigenvalue weighted by molar-refractivity contribution is 6.19. The fourth-order valence-electron chi connectivity index (χ4n) is 10.2. The minimum absolute atomic E-state index is 0.579. The summed E-state index contributed by atoms with van der Waals surface area (Å²) in [5.74, 6) is 1.81. The summed E-state index contributed by atoms with van der Waals surface area (Å²) >= 11 is 0. The molecule has 296 valence electrons. The van der Waals surface area contributed by atoms with Gasteiger partial charge in [0.05, 0.1) is 16.7 Å². The van der Waals surface area contributed by atoms with Gasteiger partial charge in [0.15, 0.2) is 23.1 Å². The topological polar surface area (TPSA) is 56.7 Å².